The summed E-state index contributed by atoms with van der Waals surface area (Å²) in [5.41, 5.74) is -0.105. The van der Waals surface area contributed by atoms with E-state index in [0.717, 1.165) is 32.6 Å². The predicted octanol–water partition coefficient (Wildman–Crippen LogP) is 0.854. The van der Waals surface area contributed by atoms with Gasteiger partial charge >= 0.3 is 0 Å². The third-order valence-electron chi connectivity index (χ3n) is 3.51. The number of hydrogen-bond acceptors (Lipinski definition) is 2. The summed E-state index contributed by atoms with van der Waals surface area (Å²) >= 11 is 0. The highest BCUT2D eigenvalue weighted by Gasteiger charge is 2.39. The predicted molar refractivity (Wildman–Crippen MR) is 56.0 cm³/mol. The molecule has 14 heavy (non-hydrogen) atoms. The normalized spacial score (nSPS) is 31.4. The quantitative estimate of drug-likeness (QED) is 0.710. The molecule has 1 unspecified atom stereocenters. The van der Waals surface area contributed by atoms with E-state index in [9.17, 15) is 4.79 Å². The van der Waals surface area contributed by atoms with Crippen LogP contribution in [0.4, 0.5) is 0 Å². The first-order chi connectivity index (χ1) is 6.59. The molecule has 0 saturated carbocycles. The molecule has 3 heteroatoms. The number of amides is 1. The molecule has 2 aliphatic rings. The maximum absolute atomic E-state index is 11.9. The van der Waals surface area contributed by atoms with Crippen LogP contribution in [0.2, 0.25) is 0 Å². The fourth-order valence-corrected chi connectivity index (χ4v) is 2.41. The lowest BCUT2D eigenvalue weighted by molar-refractivity contribution is -0.135. The lowest BCUT2D eigenvalue weighted by atomic mass is 9.92. The van der Waals surface area contributed by atoms with Gasteiger partial charge in [-0.25, -0.2) is 0 Å². The Morgan fingerprint density at radius 3 is 2.86 bits per heavy atom. The first-order valence-corrected chi connectivity index (χ1v) is 5.60. The smallest absolute Gasteiger partial charge is 0.228 e. The number of carbonyl (C=O) groups excluding carboxylic acids is 1. The number of nitrogens with zero attached hydrogens (tertiary/aromatic N) is 1. The van der Waals surface area contributed by atoms with Crippen LogP contribution in [-0.4, -0.2) is 37.0 Å². The van der Waals surface area contributed by atoms with Gasteiger partial charge in [-0.2, -0.15) is 0 Å². The summed E-state index contributed by atoms with van der Waals surface area (Å²) in [6.45, 7) is 8.25. The Morgan fingerprint density at radius 1 is 1.57 bits per heavy atom. The summed E-state index contributed by atoms with van der Waals surface area (Å²) in [6, 6.07) is 0. The van der Waals surface area contributed by atoms with Gasteiger partial charge in [-0.15, -0.1) is 0 Å². The van der Waals surface area contributed by atoms with E-state index in [0.29, 0.717) is 11.8 Å². The number of likely N-dealkylation sites (tertiary alicyclic amines) is 1. The van der Waals surface area contributed by atoms with Gasteiger partial charge in [0.25, 0.3) is 0 Å². The first kappa shape index (κ1) is 9.97. The Morgan fingerprint density at radius 2 is 2.36 bits per heavy atom. The zero-order valence-electron chi connectivity index (χ0n) is 9.18. The molecule has 80 valence electrons. The lowest BCUT2D eigenvalue weighted by Gasteiger charge is -2.22. The number of rotatable bonds is 2. The van der Waals surface area contributed by atoms with Crippen molar-refractivity contribution in [2.24, 2.45) is 11.3 Å². The second-order valence-corrected chi connectivity index (χ2v) is 5.24. The molecule has 2 saturated heterocycles. The minimum atomic E-state index is -0.105. The molecule has 2 rings (SSSR count). The van der Waals surface area contributed by atoms with Crippen molar-refractivity contribution in [3.8, 4) is 0 Å². The van der Waals surface area contributed by atoms with Gasteiger partial charge in [0.1, 0.15) is 0 Å². The standard InChI is InChI=1S/C11H20N2O/c1-11(2)4-6-13(10(11)14)8-9-3-5-12-7-9/h9,12H,3-8H2,1-2H3. The van der Waals surface area contributed by atoms with E-state index in [1.807, 2.05) is 0 Å². The van der Waals surface area contributed by atoms with Gasteiger partial charge in [0, 0.05) is 18.5 Å². The minimum absolute atomic E-state index is 0.105. The van der Waals surface area contributed by atoms with E-state index < -0.39 is 0 Å². The van der Waals surface area contributed by atoms with Crippen molar-refractivity contribution in [3.63, 3.8) is 0 Å². The van der Waals surface area contributed by atoms with E-state index in [1.54, 1.807) is 0 Å². The van der Waals surface area contributed by atoms with Gasteiger partial charge in [-0.1, -0.05) is 13.8 Å². The van der Waals surface area contributed by atoms with Crippen molar-refractivity contribution in [2.45, 2.75) is 26.7 Å². The van der Waals surface area contributed by atoms with Crippen molar-refractivity contribution in [3.05, 3.63) is 0 Å². The van der Waals surface area contributed by atoms with E-state index in [-0.39, 0.29) is 5.41 Å². The molecule has 0 aromatic heterocycles. The Bertz CT molecular complexity index is 231. The van der Waals surface area contributed by atoms with E-state index >= 15 is 0 Å². The van der Waals surface area contributed by atoms with Crippen molar-refractivity contribution in [1.29, 1.82) is 0 Å². The van der Waals surface area contributed by atoms with Crippen LogP contribution in [0.5, 0.6) is 0 Å². The fraction of sp³-hybridized carbons (Fsp3) is 0.909. The van der Waals surface area contributed by atoms with Crippen molar-refractivity contribution in [1.82, 2.24) is 10.2 Å². The molecule has 3 nitrogen and oxygen atoms in total. The summed E-state index contributed by atoms with van der Waals surface area (Å²) < 4.78 is 0. The number of nitrogens with one attached hydrogen (secondary N) is 1. The van der Waals surface area contributed by atoms with E-state index in [1.165, 1.54) is 6.42 Å². The van der Waals surface area contributed by atoms with E-state index in [4.69, 9.17) is 0 Å². The Kier molecular flexibility index (Phi) is 2.52. The van der Waals surface area contributed by atoms with Crippen LogP contribution in [0.25, 0.3) is 0 Å². The highest BCUT2D eigenvalue weighted by Crippen LogP contribution is 2.31. The molecule has 0 radical (unpaired) electrons. The van der Waals surface area contributed by atoms with Crippen LogP contribution >= 0.6 is 0 Å². The SMILES string of the molecule is CC1(C)CCN(CC2CCNC2)C1=O. The number of carbonyl (C=O) groups is 1. The molecule has 1 amide bonds. The molecule has 0 bridgehead atoms. The van der Waals surface area contributed by atoms with Gasteiger partial charge in [-0.05, 0) is 31.8 Å². The highest BCUT2D eigenvalue weighted by atomic mass is 16.2. The van der Waals surface area contributed by atoms with Crippen LogP contribution in [0.1, 0.15) is 26.7 Å². The molecule has 1 N–H and O–H groups in total. The van der Waals surface area contributed by atoms with Crippen molar-refractivity contribution >= 4 is 5.91 Å². The zero-order chi connectivity index (χ0) is 10.2. The third-order valence-corrected chi connectivity index (χ3v) is 3.51. The molecule has 2 fully saturated rings. The first-order valence-electron chi connectivity index (χ1n) is 5.60. The summed E-state index contributed by atoms with van der Waals surface area (Å²) in [7, 11) is 0. The van der Waals surface area contributed by atoms with Gasteiger partial charge < -0.3 is 10.2 Å². The minimum Gasteiger partial charge on any atom is -0.342 e. The maximum Gasteiger partial charge on any atom is 0.228 e. The number of hydrogen-bond donors (Lipinski definition) is 1. The van der Waals surface area contributed by atoms with Crippen LogP contribution in [0, 0.1) is 11.3 Å². The summed E-state index contributed by atoms with van der Waals surface area (Å²) in [5.74, 6) is 1.04. The average molecular weight is 196 g/mol. The zero-order valence-corrected chi connectivity index (χ0v) is 9.18. The van der Waals surface area contributed by atoms with Crippen molar-refractivity contribution in [2.75, 3.05) is 26.2 Å². The summed E-state index contributed by atoms with van der Waals surface area (Å²) in [4.78, 5) is 14.0. The molecule has 0 spiro atoms. The summed E-state index contributed by atoms with van der Waals surface area (Å²) in [5, 5.41) is 3.34. The van der Waals surface area contributed by atoms with Gasteiger partial charge in [0.15, 0.2) is 0 Å². The van der Waals surface area contributed by atoms with Gasteiger partial charge in [0.2, 0.25) is 5.91 Å². The highest BCUT2D eigenvalue weighted by molar-refractivity contribution is 5.83. The Hall–Kier alpha value is -0.570. The Balaban J connectivity index is 1.90. The third kappa shape index (κ3) is 1.78. The Labute approximate surface area is 85.8 Å². The lowest BCUT2D eigenvalue weighted by Crippen LogP contribution is -2.35. The molecule has 1 atom stereocenters. The van der Waals surface area contributed by atoms with Crippen molar-refractivity contribution < 1.29 is 4.79 Å². The maximum atomic E-state index is 11.9. The largest absolute Gasteiger partial charge is 0.342 e. The molecule has 0 aliphatic carbocycles. The van der Waals surface area contributed by atoms with Gasteiger partial charge in [-0.3, -0.25) is 4.79 Å². The monoisotopic (exact) mass is 196 g/mol. The van der Waals surface area contributed by atoms with E-state index in [2.05, 4.69) is 24.1 Å². The second kappa shape index (κ2) is 3.54. The molecule has 0 aromatic rings. The molecule has 2 heterocycles. The molecular formula is C11H20N2O. The topological polar surface area (TPSA) is 32.3 Å². The fourth-order valence-electron chi connectivity index (χ4n) is 2.41. The van der Waals surface area contributed by atoms with Gasteiger partial charge in [0.05, 0.1) is 0 Å². The van der Waals surface area contributed by atoms with Crippen LogP contribution in [0.3, 0.4) is 0 Å². The van der Waals surface area contributed by atoms with Crippen LogP contribution in [-0.2, 0) is 4.79 Å². The van der Waals surface area contributed by atoms with Crippen LogP contribution < -0.4 is 5.32 Å². The summed E-state index contributed by atoms with van der Waals surface area (Å²) in [6.07, 6.45) is 2.25. The average Bonchev–Trinajstić information content (AvgIpc) is 2.70. The molecule has 0 aromatic carbocycles. The molecule has 2 aliphatic heterocycles. The molecular weight excluding hydrogens is 176 g/mol. The van der Waals surface area contributed by atoms with Crippen LogP contribution in [0.15, 0.2) is 0 Å². The second-order valence-electron chi connectivity index (χ2n) is 5.24.